The van der Waals surface area contributed by atoms with Gasteiger partial charge in [-0.2, -0.15) is 0 Å². The Balaban J connectivity index is 1.81. The fourth-order valence-electron chi connectivity index (χ4n) is 2.79. The molecule has 1 aliphatic heterocycles. The van der Waals surface area contributed by atoms with Gasteiger partial charge in [-0.1, -0.05) is 12.8 Å². The third-order valence-electron chi connectivity index (χ3n) is 3.91. The first-order valence-electron chi connectivity index (χ1n) is 6.71. The van der Waals surface area contributed by atoms with Crippen molar-refractivity contribution >= 4 is 5.97 Å². The van der Waals surface area contributed by atoms with Gasteiger partial charge in [0.1, 0.15) is 6.10 Å². The topological polar surface area (TPSA) is 38.3 Å². The van der Waals surface area contributed by atoms with Crippen molar-refractivity contribution in [1.29, 1.82) is 0 Å². The van der Waals surface area contributed by atoms with E-state index in [0.29, 0.717) is 6.04 Å². The molecule has 2 rings (SSSR count). The Morgan fingerprint density at radius 3 is 2.38 bits per heavy atom. The quantitative estimate of drug-likeness (QED) is 0.578. The van der Waals surface area contributed by atoms with E-state index in [1.165, 1.54) is 25.7 Å². The molecule has 1 saturated heterocycles. The molecular formula is C13H23NO2. The molecule has 2 unspecified atom stereocenters. The van der Waals surface area contributed by atoms with E-state index in [2.05, 4.69) is 12.2 Å². The zero-order valence-electron chi connectivity index (χ0n) is 10.2. The van der Waals surface area contributed by atoms with Gasteiger partial charge in [-0.05, 0) is 45.6 Å². The Morgan fingerprint density at radius 2 is 1.81 bits per heavy atom. The van der Waals surface area contributed by atoms with Gasteiger partial charge in [0.05, 0.1) is 5.92 Å². The van der Waals surface area contributed by atoms with Crippen LogP contribution in [0.3, 0.4) is 0 Å². The first-order valence-corrected chi connectivity index (χ1v) is 6.71. The van der Waals surface area contributed by atoms with E-state index in [1.54, 1.807) is 0 Å². The molecular weight excluding hydrogens is 202 g/mol. The summed E-state index contributed by atoms with van der Waals surface area (Å²) in [6, 6.07) is 0.290. The molecule has 0 aromatic rings. The van der Waals surface area contributed by atoms with Crippen molar-refractivity contribution in [2.24, 2.45) is 5.92 Å². The number of rotatable bonds is 2. The van der Waals surface area contributed by atoms with Gasteiger partial charge >= 0.3 is 5.97 Å². The molecule has 92 valence electrons. The molecule has 2 fully saturated rings. The molecule has 0 amide bonds. The summed E-state index contributed by atoms with van der Waals surface area (Å²) in [6.07, 6.45) is 8.31. The van der Waals surface area contributed by atoms with Crippen molar-refractivity contribution in [2.45, 2.75) is 64.0 Å². The van der Waals surface area contributed by atoms with Crippen LogP contribution >= 0.6 is 0 Å². The van der Waals surface area contributed by atoms with Crippen molar-refractivity contribution < 1.29 is 9.53 Å². The van der Waals surface area contributed by atoms with E-state index >= 15 is 0 Å². The average molecular weight is 225 g/mol. The maximum Gasteiger partial charge on any atom is 0.310 e. The molecule has 0 bridgehead atoms. The number of hydrogen-bond acceptors (Lipinski definition) is 3. The molecule has 0 aromatic heterocycles. The van der Waals surface area contributed by atoms with Crippen LogP contribution in [0.1, 0.15) is 51.9 Å². The second-order valence-electron chi connectivity index (χ2n) is 5.19. The predicted octanol–water partition coefficient (Wildman–Crippen LogP) is 2.25. The van der Waals surface area contributed by atoms with Crippen LogP contribution in [0.25, 0.3) is 0 Å². The molecule has 0 radical (unpaired) electrons. The smallest absolute Gasteiger partial charge is 0.310 e. The largest absolute Gasteiger partial charge is 0.462 e. The van der Waals surface area contributed by atoms with E-state index in [4.69, 9.17) is 4.74 Å². The molecule has 1 saturated carbocycles. The molecule has 1 aliphatic carbocycles. The van der Waals surface area contributed by atoms with Crippen LogP contribution in [0.15, 0.2) is 0 Å². The lowest BCUT2D eigenvalue weighted by Gasteiger charge is -2.20. The van der Waals surface area contributed by atoms with Gasteiger partial charge in [0.15, 0.2) is 0 Å². The summed E-state index contributed by atoms with van der Waals surface area (Å²) in [5.74, 6) is 0.118. The number of carbonyl (C=O) groups excluding carboxylic acids is 1. The molecule has 1 heterocycles. The Bertz CT molecular complexity index is 234. The van der Waals surface area contributed by atoms with E-state index in [-0.39, 0.29) is 18.0 Å². The number of hydrogen-bond donors (Lipinski definition) is 1. The SMILES string of the molecule is CC1NCCC1C(=O)OC1CCCCCC1. The van der Waals surface area contributed by atoms with Gasteiger partial charge in [0, 0.05) is 6.04 Å². The van der Waals surface area contributed by atoms with Crippen LogP contribution in [0.5, 0.6) is 0 Å². The summed E-state index contributed by atoms with van der Waals surface area (Å²) in [5.41, 5.74) is 0. The highest BCUT2D eigenvalue weighted by atomic mass is 16.5. The lowest BCUT2D eigenvalue weighted by atomic mass is 10.0. The number of nitrogens with one attached hydrogen (secondary N) is 1. The second kappa shape index (κ2) is 5.67. The van der Waals surface area contributed by atoms with Gasteiger partial charge in [-0.25, -0.2) is 0 Å². The van der Waals surface area contributed by atoms with Crippen LogP contribution in [0.4, 0.5) is 0 Å². The van der Waals surface area contributed by atoms with Gasteiger partial charge < -0.3 is 10.1 Å². The Hall–Kier alpha value is -0.570. The maximum absolute atomic E-state index is 12.0. The van der Waals surface area contributed by atoms with Crippen LogP contribution < -0.4 is 5.32 Å². The molecule has 0 spiro atoms. The average Bonchev–Trinajstić information content (AvgIpc) is 2.53. The van der Waals surface area contributed by atoms with Gasteiger partial charge in [-0.3, -0.25) is 4.79 Å². The highest BCUT2D eigenvalue weighted by molar-refractivity contribution is 5.73. The van der Waals surface area contributed by atoms with Crippen LogP contribution in [-0.2, 0) is 9.53 Å². The number of ether oxygens (including phenoxy) is 1. The highest BCUT2D eigenvalue weighted by Crippen LogP contribution is 2.23. The first kappa shape index (κ1) is 11.9. The van der Waals surface area contributed by atoms with Crippen LogP contribution in [0.2, 0.25) is 0 Å². The monoisotopic (exact) mass is 225 g/mol. The lowest BCUT2D eigenvalue weighted by Crippen LogP contribution is -2.31. The first-order chi connectivity index (χ1) is 7.77. The summed E-state index contributed by atoms with van der Waals surface area (Å²) in [4.78, 5) is 12.0. The minimum absolute atomic E-state index is 0.0319. The third-order valence-corrected chi connectivity index (χ3v) is 3.91. The standard InChI is InChI=1S/C13H23NO2/c1-10-12(8-9-14-10)13(15)16-11-6-4-2-3-5-7-11/h10-12,14H,2-9H2,1H3. The van der Waals surface area contributed by atoms with Gasteiger partial charge in [-0.15, -0.1) is 0 Å². The summed E-state index contributed by atoms with van der Waals surface area (Å²) >= 11 is 0. The summed E-state index contributed by atoms with van der Waals surface area (Å²) < 4.78 is 5.65. The van der Waals surface area contributed by atoms with E-state index in [1.807, 2.05) is 0 Å². The normalized spacial score (nSPS) is 32.3. The molecule has 3 heteroatoms. The summed E-state index contributed by atoms with van der Waals surface area (Å²) in [6.45, 7) is 3.03. The molecule has 0 aromatic carbocycles. The lowest BCUT2D eigenvalue weighted by molar-refractivity contribution is -0.154. The van der Waals surface area contributed by atoms with E-state index in [9.17, 15) is 4.79 Å². The minimum atomic E-state index is 0.0319. The number of carbonyl (C=O) groups is 1. The second-order valence-corrected chi connectivity index (χ2v) is 5.19. The van der Waals surface area contributed by atoms with Crippen molar-refractivity contribution in [1.82, 2.24) is 5.32 Å². The Kier molecular flexibility index (Phi) is 4.22. The number of esters is 1. The molecule has 3 nitrogen and oxygen atoms in total. The van der Waals surface area contributed by atoms with E-state index < -0.39 is 0 Å². The van der Waals surface area contributed by atoms with Gasteiger partial charge in [0.2, 0.25) is 0 Å². The van der Waals surface area contributed by atoms with E-state index in [0.717, 1.165) is 25.8 Å². The summed E-state index contributed by atoms with van der Waals surface area (Å²) in [7, 11) is 0. The maximum atomic E-state index is 12.0. The van der Waals surface area contributed by atoms with Crippen molar-refractivity contribution in [3.8, 4) is 0 Å². The minimum Gasteiger partial charge on any atom is -0.462 e. The molecule has 1 N–H and O–H groups in total. The van der Waals surface area contributed by atoms with Crippen molar-refractivity contribution in [3.63, 3.8) is 0 Å². The molecule has 2 aliphatic rings. The van der Waals surface area contributed by atoms with Crippen molar-refractivity contribution in [3.05, 3.63) is 0 Å². The Morgan fingerprint density at radius 1 is 1.12 bits per heavy atom. The highest BCUT2D eigenvalue weighted by Gasteiger charge is 2.32. The van der Waals surface area contributed by atoms with Crippen LogP contribution in [0, 0.1) is 5.92 Å². The fraction of sp³-hybridized carbons (Fsp3) is 0.923. The van der Waals surface area contributed by atoms with Gasteiger partial charge in [0.25, 0.3) is 0 Å². The van der Waals surface area contributed by atoms with Crippen LogP contribution in [-0.4, -0.2) is 24.7 Å². The molecule has 16 heavy (non-hydrogen) atoms. The Labute approximate surface area is 97.9 Å². The third kappa shape index (κ3) is 2.97. The fourth-order valence-corrected chi connectivity index (χ4v) is 2.79. The zero-order chi connectivity index (χ0) is 11.4. The summed E-state index contributed by atoms with van der Waals surface area (Å²) in [5, 5.41) is 3.30. The zero-order valence-corrected chi connectivity index (χ0v) is 10.2. The molecule has 2 atom stereocenters. The predicted molar refractivity (Wildman–Crippen MR) is 63.2 cm³/mol. The van der Waals surface area contributed by atoms with Crippen molar-refractivity contribution in [2.75, 3.05) is 6.54 Å².